The second kappa shape index (κ2) is 14.8. The van der Waals surface area contributed by atoms with Crippen LogP contribution in [0.25, 0.3) is 0 Å². The largest absolute Gasteiger partial charge is 0.315 e. The molecule has 0 saturated heterocycles. The summed E-state index contributed by atoms with van der Waals surface area (Å²) in [5, 5.41) is 6.70. The first-order chi connectivity index (χ1) is 17.2. The molecule has 36 heavy (non-hydrogen) atoms. The fourth-order valence-corrected chi connectivity index (χ4v) is 4.33. The third-order valence-electron chi connectivity index (χ3n) is 6.69. The Labute approximate surface area is 214 Å². The molecule has 6 nitrogen and oxygen atoms in total. The normalized spacial score (nSPS) is 21.5. The van der Waals surface area contributed by atoms with Gasteiger partial charge in [0.25, 0.3) is 0 Å². The van der Waals surface area contributed by atoms with Crippen LogP contribution in [0.3, 0.4) is 0 Å². The number of alkyl halides is 1. The number of aliphatic imine (C=N–C) groups is 2. The van der Waals surface area contributed by atoms with Crippen molar-refractivity contribution >= 4 is 23.6 Å². The third-order valence-corrected chi connectivity index (χ3v) is 6.69. The Morgan fingerprint density at radius 1 is 1.22 bits per heavy atom. The summed E-state index contributed by atoms with van der Waals surface area (Å²) in [4.78, 5) is 21.4. The molecule has 1 amide bonds. The molecule has 1 aromatic carbocycles. The molecule has 2 N–H and O–H groups in total. The maximum Gasteiger partial charge on any atom is 0.223 e. The van der Waals surface area contributed by atoms with Crippen molar-refractivity contribution in [1.29, 1.82) is 0 Å². The standard InChI is InChI=1S/C28H41F2N5O/c1-7-9-10-22(19(3)34-18-31-5)16-32-24-11-12-27(26(30)14-24)33-17-23-13-21(8-2)28(15-25(23)29)35(6)20(4)36/h7,9-10,13,15,18,24,26-27,32-33H,8,11-12,14,16-17H2,1-6H3/b9-7-,22-10-,31-18?,34-19?/t24-,26+,27-/m1/s1. The molecular weight excluding hydrogens is 460 g/mol. The second-order valence-electron chi connectivity index (χ2n) is 9.20. The number of rotatable bonds is 11. The highest BCUT2D eigenvalue weighted by Gasteiger charge is 2.30. The van der Waals surface area contributed by atoms with Crippen molar-refractivity contribution in [3.63, 3.8) is 0 Å². The van der Waals surface area contributed by atoms with Crippen molar-refractivity contribution in [2.45, 2.75) is 78.2 Å². The highest BCUT2D eigenvalue weighted by Crippen LogP contribution is 2.26. The van der Waals surface area contributed by atoms with Gasteiger partial charge in [0.15, 0.2) is 0 Å². The Morgan fingerprint density at radius 3 is 2.58 bits per heavy atom. The number of nitrogens with zero attached hydrogens (tertiary/aromatic N) is 3. The van der Waals surface area contributed by atoms with Gasteiger partial charge in [0, 0.05) is 63.2 Å². The molecule has 1 aromatic rings. The van der Waals surface area contributed by atoms with Gasteiger partial charge in [-0.05, 0) is 62.8 Å². The van der Waals surface area contributed by atoms with E-state index in [-0.39, 0.29) is 30.4 Å². The van der Waals surface area contributed by atoms with Crippen LogP contribution < -0.4 is 15.5 Å². The topological polar surface area (TPSA) is 69.1 Å². The van der Waals surface area contributed by atoms with Gasteiger partial charge in [0.05, 0.1) is 0 Å². The van der Waals surface area contributed by atoms with E-state index in [0.29, 0.717) is 37.1 Å². The van der Waals surface area contributed by atoms with Gasteiger partial charge >= 0.3 is 0 Å². The summed E-state index contributed by atoms with van der Waals surface area (Å²) in [5.74, 6) is -0.540. The molecule has 0 radical (unpaired) electrons. The molecule has 1 saturated carbocycles. The average Bonchev–Trinajstić information content (AvgIpc) is 2.86. The van der Waals surface area contributed by atoms with Gasteiger partial charge in [-0.3, -0.25) is 9.79 Å². The van der Waals surface area contributed by atoms with E-state index >= 15 is 4.39 Å². The van der Waals surface area contributed by atoms with Crippen molar-refractivity contribution < 1.29 is 13.6 Å². The van der Waals surface area contributed by atoms with Crippen molar-refractivity contribution in [3.05, 3.63) is 52.9 Å². The minimum absolute atomic E-state index is 0.0597. The molecule has 0 aliphatic heterocycles. The first kappa shape index (κ1) is 29.5. The molecule has 0 unspecified atom stereocenters. The van der Waals surface area contributed by atoms with Crippen molar-refractivity contribution in [2.75, 3.05) is 25.5 Å². The average molecular weight is 502 g/mol. The van der Waals surface area contributed by atoms with Gasteiger partial charge in [0.1, 0.15) is 18.3 Å². The van der Waals surface area contributed by atoms with Crippen LogP contribution in [0.5, 0.6) is 0 Å². The number of hydrogen-bond acceptors (Lipinski definition) is 4. The first-order valence-corrected chi connectivity index (χ1v) is 12.6. The summed E-state index contributed by atoms with van der Waals surface area (Å²) in [6, 6.07) is 2.92. The predicted octanol–water partition coefficient (Wildman–Crippen LogP) is 4.93. The number of halogens is 2. The molecule has 2 rings (SSSR count). The van der Waals surface area contributed by atoms with Crippen LogP contribution >= 0.6 is 0 Å². The highest BCUT2D eigenvalue weighted by atomic mass is 19.1. The zero-order valence-corrected chi connectivity index (χ0v) is 22.4. The summed E-state index contributed by atoms with van der Waals surface area (Å²) in [7, 11) is 3.32. The van der Waals surface area contributed by atoms with Crippen LogP contribution in [0.1, 0.15) is 58.1 Å². The monoisotopic (exact) mass is 501 g/mol. The molecule has 0 aromatic heterocycles. The molecule has 0 heterocycles. The van der Waals surface area contributed by atoms with Crippen LogP contribution in [-0.2, 0) is 17.8 Å². The molecule has 3 atom stereocenters. The number of carbonyl (C=O) groups excluding carboxylic acids is 1. The lowest BCUT2D eigenvalue weighted by Gasteiger charge is -2.33. The van der Waals surface area contributed by atoms with E-state index in [4.69, 9.17) is 0 Å². The van der Waals surface area contributed by atoms with Gasteiger partial charge in [-0.25, -0.2) is 13.8 Å². The second-order valence-corrected chi connectivity index (χ2v) is 9.20. The number of anilines is 1. The summed E-state index contributed by atoms with van der Waals surface area (Å²) in [6.45, 7) is 8.16. The van der Waals surface area contributed by atoms with Crippen molar-refractivity contribution in [2.24, 2.45) is 9.98 Å². The van der Waals surface area contributed by atoms with E-state index in [1.165, 1.54) is 24.2 Å². The van der Waals surface area contributed by atoms with Crippen LogP contribution in [0.15, 0.2) is 45.9 Å². The number of aryl methyl sites for hydroxylation is 1. The molecule has 1 aliphatic rings. The van der Waals surface area contributed by atoms with Crippen LogP contribution in [0.2, 0.25) is 0 Å². The molecule has 0 bridgehead atoms. The SMILES string of the molecule is C/C=C\C=C(\CN[C@@H]1CC[C@@H](NCc2cc(CC)c(N(C)C(C)=O)cc2F)[C@@H](F)C1)C(C)=NC=NC. The molecule has 0 spiro atoms. The number of benzene rings is 1. The van der Waals surface area contributed by atoms with Gasteiger partial charge in [-0.1, -0.05) is 25.2 Å². The van der Waals surface area contributed by atoms with Gasteiger partial charge in [-0.15, -0.1) is 0 Å². The fraction of sp³-hybridized carbons (Fsp3) is 0.536. The lowest BCUT2D eigenvalue weighted by molar-refractivity contribution is -0.116. The van der Waals surface area contributed by atoms with E-state index in [1.807, 2.05) is 39.0 Å². The van der Waals surface area contributed by atoms with E-state index in [1.54, 1.807) is 20.2 Å². The van der Waals surface area contributed by atoms with E-state index in [0.717, 1.165) is 23.3 Å². The number of allylic oxidation sites excluding steroid dienone is 3. The van der Waals surface area contributed by atoms with Crippen molar-refractivity contribution in [3.8, 4) is 0 Å². The smallest absolute Gasteiger partial charge is 0.223 e. The lowest BCUT2D eigenvalue weighted by atomic mass is 9.89. The van der Waals surface area contributed by atoms with Gasteiger partial charge < -0.3 is 15.5 Å². The molecule has 1 fully saturated rings. The van der Waals surface area contributed by atoms with E-state index in [2.05, 4.69) is 20.6 Å². The first-order valence-electron chi connectivity index (χ1n) is 12.6. The number of amides is 1. The van der Waals surface area contributed by atoms with Gasteiger partial charge in [0.2, 0.25) is 5.91 Å². The van der Waals surface area contributed by atoms with Crippen LogP contribution in [0.4, 0.5) is 14.5 Å². The zero-order valence-electron chi connectivity index (χ0n) is 22.4. The maximum absolute atomic E-state index is 15.1. The number of nitrogens with one attached hydrogen (secondary N) is 2. The zero-order chi connectivity index (χ0) is 26.7. The Bertz CT molecular complexity index is 1000. The van der Waals surface area contributed by atoms with Crippen LogP contribution in [0, 0.1) is 5.82 Å². The quantitative estimate of drug-likeness (QED) is 0.257. The summed E-state index contributed by atoms with van der Waals surface area (Å²) >= 11 is 0. The molecule has 1 aliphatic carbocycles. The Hall–Kier alpha value is -2.71. The van der Waals surface area contributed by atoms with Gasteiger partial charge in [-0.2, -0.15) is 0 Å². The predicted molar refractivity (Wildman–Crippen MR) is 146 cm³/mol. The highest BCUT2D eigenvalue weighted by molar-refractivity contribution is 6.02. The maximum atomic E-state index is 15.1. The summed E-state index contributed by atoms with van der Waals surface area (Å²) in [6.07, 6.45) is 8.97. The Balaban J connectivity index is 1.96. The fourth-order valence-electron chi connectivity index (χ4n) is 4.33. The summed E-state index contributed by atoms with van der Waals surface area (Å²) < 4.78 is 29.9. The van der Waals surface area contributed by atoms with Crippen LogP contribution in [-0.4, -0.2) is 56.9 Å². The molecule has 8 heteroatoms. The summed E-state index contributed by atoms with van der Waals surface area (Å²) in [5.41, 5.74) is 3.86. The van der Waals surface area contributed by atoms with E-state index < -0.39 is 6.17 Å². The van der Waals surface area contributed by atoms with E-state index in [9.17, 15) is 9.18 Å². The molecular formula is C28H41F2N5O. The lowest BCUT2D eigenvalue weighted by Crippen LogP contribution is -2.47. The number of carbonyl (C=O) groups is 1. The molecule has 198 valence electrons. The number of hydrogen-bond donors (Lipinski definition) is 2. The minimum Gasteiger partial charge on any atom is -0.315 e. The Kier molecular flexibility index (Phi) is 12.1. The van der Waals surface area contributed by atoms with Crippen molar-refractivity contribution in [1.82, 2.24) is 10.6 Å². The minimum atomic E-state index is -1.03. The Morgan fingerprint density at radius 2 is 1.97 bits per heavy atom. The third kappa shape index (κ3) is 8.45.